The highest BCUT2D eigenvalue weighted by Gasteiger charge is 2.36. The van der Waals surface area contributed by atoms with Crippen LogP contribution >= 0.6 is 0 Å². The molecule has 1 rings (SSSR count). The molecule has 0 aliphatic rings. The molecule has 118 valence electrons. The smallest absolute Gasteiger partial charge is 0.330 e. The number of carbonyl (C=O) groups is 1. The molecule has 0 aromatic heterocycles. The van der Waals surface area contributed by atoms with E-state index in [4.69, 9.17) is 9.47 Å². The molecular weight excluding hydrogens is 275 g/mol. The normalized spacial score (nSPS) is 13.9. The van der Waals surface area contributed by atoms with E-state index in [1.807, 2.05) is 19.0 Å². The first-order valence-corrected chi connectivity index (χ1v) is 6.67. The summed E-state index contributed by atoms with van der Waals surface area (Å²) >= 11 is 0. The molecule has 1 unspecified atom stereocenters. The fraction of sp³-hybridized carbons (Fsp3) is 0.533. The minimum Gasteiger partial charge on any atom is -0.494 e. The number of carbonyl (C=O) groups excluding carboxylic acids is 1. The van der Waals surface area contributed by atoms with Crippen molar-refractivity contribution in [2.24, 2.45) is 0 Å². The quantitative estimate of drug-likeness (QED) is 0.771. The lowest BCUT2D eigenvalue weighted by Crippen LogP contribution is -2.49. The highest BCUT2D eigenvalue weighted by atomic mass is 19.1. The van der Waals surface area contributed by atoms with Gasteiger partial charge in [-0.1, -0.05) is 6.07 Å². The molecule has 1 aromatic carbocycles. The van der Waals surface area contributed by atoms with Gasteiger partial charge >= 0.3 is 5.97 Å². The van der Waals surface area contributed by atoms with Crippen molar-refractivity contribution in [1.29, 1.82) is 0 Å². The second-order valence-corrected chi connectivity index (χ2v) is 5.20. The van der Waals surface area contributed by atoms with Crippen molar-refractivity contribution in [3.05, 3.63) is 29.6 Å². The Kier molecular flexibility index (Phi) is 6.11. The summed E-state index contributed by atoms with van der Waals surface area (Å²) in [5.74, 6) is -0.843. The summed E-state index contributed by atoms with van der Waals surface area (Å²) in [4.78, 5) is 14.1. The van der Waals surface area contributed by atoms with Gasteiger partial charge in [-0.2, -0.15) is 0 Å². The maximum Gasteiger partial charge on any atom is 0.330 e. The number of nitrogens with zero attached hydrogens (tertiary/aromatic N) is 1. The molecule has 21 heavy (non-hydrogen) atoms. The van der Waals surface area contributed by atoms with Crippen LogP contribution in [0.2, 0.25) is 0 Å². The third kappa shape index (κ3) is 4.15. The standard InChI is InChI=1S/C15H23FN2O3/c1-15(14(19)21-5,17-8-9-18(2)3)11-6-7-13(20-4)12(16)10-11/h6-7,10,17H,8-9H2,1-5H3. The van der Waals surface area contributed by atoms with Gasteiger partial charge in [-0.05, 0) is 38.7 Å². The van der Waals surface area contributed by atoms with E-state index < -0.39 is 17.3 Å². The minimum absolute atomic E-state index is 0.138. The predicted octanol–water partition coefficient (Wildman–Crippen LogP) is 1.37. The van der Waals surface area contributed by atoms with Gasteiger partial charge in [0.1, 0.15) is 5.54 Å². The van der Waals surface area contributed by atoms with E-state index in [9.17, 15) is 9.18 Å². The van der Waals surface area contributed by atoms with Gasteiger partial charge in [-0.15, -0.1) is 0 Å². The summed E-state index contributed by atoms with van der Waals surface area (Å²) in [6.45, 7) is 2.98. The average Bonchev–Trinajstić information content (AvgIpc) is 2.45. The lowest BCUT2D eigenvalue weighted by Gasteiger charge is -2.29. The highest BCUT2D eigenvalue weighted by molar-refractivity contribution is 5.82. The second-order valence-electron chi connectivity index (χ2n) is 5.20. The van der Waals surface area contributed by atoms with Gasteiger partial charge < -0.3 is 14.4 Å². The first-order chi connectivity index (χ1) is 9.85. The number of rotatable bonds is 7. The molecular formula is C15H23FN2O3. The Balaban J connectivity index is 3.06. The van der Waals surface area contributed by atoms with Gasteiger partial charge in [0.2, 0.25) is 0 Å². The Morgan fingerprint density at radius 1 is 1.38 bits per heavy atom. The number of halogens is 1. The molecule has 0 bridgehead atoms. The van der Waals surface area contributed by atoms with E-state index >= 15 is 0 Å². The largest absolute Gasteiger partial charge is 0.494 e. The van der Waals surface area contributed by atoms with Gasteiger partial charge in [0.25, 0.3) is 0 Å². The third-order valence-electron chi connectivity index (χ3n) is 3.36. The summed E-state index contributed by atoms with van der Waals surface area (Å²) in [5, 5.41) is 3.14. The van der Waals surface area contributed by atoms with Gasteiger partial charge in [-0.25, -0.2) is 9.18 Å². The summed E-state index contributed by atoms with van der Waals surface area (Å²) < 4.78 is 23.6. The molecule has 0 aliphatic heterocycles. The van der Waals surface area contributed by atoms with Gasteiger partial charge in [0.05, 0.1) is 14.2 Å². The lowest BCUT2D eigenvalue weighted by atomic mass is 9.91. The lowest BCUT2D eigenvalue weighted by molar-refractivity contribution is -0.148. The van der Waals surface area contributed by atoms with E-state index in [1.54, 1.807) is 13.0 Å². The van der Waals surface area contributed by atoms with E-state index in [2.05, 4.69) is 5.32 Å². The summed E-state index contributed by atoms with van der Waals surface area (Å²) in [6.07, 6.45) is 0. The van der Waals surface area contributed by atoms with E-state index in [0.29, 0.717) is 12.1 Å². The molecule has 0 saturated heterocycles. The molecule has 0 saturated carbocycles. The molecule has 1 aromatic rings. The number of hydrogen-bond donors (Lipinski definition) is 1. The summed E-state index contributed by atoms with van der Waals surface area (Å²) in [5.41, 5.74) is -0.621. The van der Waals surface area contributed by atoms with Crippen LogP contribution in [-0.2, 0) is 15.1 Å². The van der Waals surface area contributed by atoms with Crippen LogP contribution in [0.5, 0.6) is 5.75 Å². The van der Waals surface area contributed by atoms with Crippen LogP contribution in [-0.4, -0.2) is 52.3 Å². The number of methoxy groups -OCH3 is 2. The van der Waals surface area contributed by atoms with Crippen molar-refractivity contribution < 1.29 is 18.7 Å². The van der Waals surface area contributed by atoms with Gasteiger partial charge in [0.15, 0.2) is 11.6 Å². The van der Waals surface area contributed by atoms with Gasteiger partial charge in [-0.3, -0.25) is 5.32 Å². The van der Waals surface area contributed by atoms with Crippen LogP contribution in [0.3, 0.4) is 0 Å². The Labute approximate surface area is 125 Å². The number of nitrogens with one attached hydrogen (secondary N) is 1. The van der Waals surface area contributed by atoms with Crippen molar-refractivity contribution in [3.63, 3.8) is 0 Å². The number of likely N-dealkylation sites (N-methyl/N-ethyl adjacent to an activating group) is 1. The topological polar surface area (TPSA) is 50.8 Å². The van der Waals surface area contributed by atoms with Crippen LogP contribution in [0.25, 0.3) is 0 Å². The van der Waals surface area contributed by atoms with Crippen molar-refractivity contribution >= 4 is 5.97 Å². The molecule has 6 heteroatoms. The number of ether oxygens (including phenoxy) is 2. The zero-order valence-electron chi connectivity index (χ0n) is 13.2. The molecule has 0 aliphatic carbocycles. The molecule has 0 radical (unpaired) electrons. The number of esters is 1. The minimum atomic E-state index is -1.11. The zero-order valence-corrected chi connectivity index (χ0v) is 13.2. The molecule has 0 amide bonds. The van der Waals surface area contributed by atoms with Crippen LogP contribution < -0.4 is 10.1 Å². The predicted molar refractivity (Wildman–Crippen MR) is 78.9 cm³/mol. The van der Waals surface area contributed by atoms with Crippen molar-refractivity contribution in [1.82, 2.24) is 10.2 Å². The van der Waals surface area contributed by atoms with Crippen LogP contribution in [0.1, 0.15) is 12.5 Å². The van der Waals surface area contributed by atoms with E-state index in [0.717, 1.165) is 6.54 Å². The average molecular weight is 298 g/mol. The maximum absolute atomic E-state index is 13.9. The number of benzene rings is 1. The Morgan fingerprint density at radius 2 is 2.05 bits per heavy atom. The van der Waals surface area contributed by atoms with Crippen LogP contribution in [0, 0.1) is 5.82 Å². The van der Waals surface area contributed by atoms with Gasteiger partial charge in [0, 0.05) is 13.1 Å². The van der Waals surface area contributed by atoms with E-state index in [-0.39, 0.29) is 5.75 Å². The molecule has 1 N–H and O–H groups in total. The first kappa shape index (κ1) is 17.4. The number of hydrogen-bond acceptors (Lipinski definition) is 5. The summed E-state index contributed by atoms with van der Waals surface area (Å²) in [6, 6.07) is 4.44. The van der Waals surface area contributed by atoms with Crippen molar-refractivity contribution in [2.75, 3.05) is 41.4 Å². The highest BCUT2D eigenvalue weighted by Crippen LogP contribution is 2.27. The monoisotopic (exact) mass is 298 g/mol. The van der Waals surface area contributed by atoms with Crippen molar-refractivity contribution in [3.8, 4) is 5.75 Å². The molecule has 0 fully saturated rings. The van der Waals surface area contributed by atoms with Crippen LogP contribution in [0.15, 0.2) is 18.2 Å². The second kappa shape index (κ2) is 7.38. The Bertz CT molecular complexity index is 494. The summed E-state index contributed by atoms with van der Waals surface area (Å²) in [7, 11) is 6.58. The molecule has 0 spiro atoms. The van der Waals surface area contributed by atoms with Crippen LogP contribution in [0.4, 0.5) is 4.39 Å². The first-order valence-electron chi connectivity index (χ1n) is 6.67. The van der Waals surface area contributed by atoms with E-state index in [1.165, 1.54) is 26.4 Å². The fourth-order valence-corrected chi connectivity index (χ4v) is 2.00. The molecule has 1 atom stereocenters. The SMILES string of the molecule is COC(=O)C(C)(NCCN(C)C)c1ccc(OC)c(F)c1. The Morgan fingerprint density at radius 3 is 2.52 bits per heavy atom. The molecule has 5 nitrogen and oxygen atoms in total. The Hall–Kier alpha value is -1.66. The maximum atomic E-state index is 13.9. The fourth-order valence-electron chi connectivity index (χ4n) is 2.00. The third-order valence-corrected chi connectivity index (χ3v) is 3.36. The van der Waals surface area contributed by atoms with Crippen molar-refractivity contribution in [2.45, 2.75) is 12.5 Å². The zero-order chi connectivity index (χ0) is 16.0. The molecule has 0 heterocycles.